The Labute approximate surface area is 150 Å². The lowest BCUT2D eigenvalue weighted by atomic mass is 9.92. The molecule has 3 rings (SSSR count). The fourth-order valence-corrected chi connectivity index (χ4v) is 2.84. The summed E-state index contributed by atoms with van der Waals surface area (Å²) in [5.74, 6) is 1.10. The van der Waals surface area contributed by atoms with E-state index in [0.717, 1.165) is 17.9 Å². The zero-order chi connectivity index (χ0) is 17.3. The highest BCUT2D eigenvalue weighted by molar-refractivity contribution is 5.33. The van der Waals surface area contributed by atoms with Gasteiger partial charge in [-0.3, -0.25) is 0 Å². The van der Waals surface area contributed by atoms with Gasteiger partial charge in [-0.05, 0) is 35.7 Å². The molecule has 2 heteroatoms. The summed E-state index contributed by atoms with van der Waals surface area (Å²) in [7, 11) is 0. The molecule has 0 amide bonds. The second-order valence-electron chi connectivity index (χ2n) is 5.97. The Bertz CT molecular complexity index is 697. The molecule has 128 valence electrons. The van der Waals surface area contributed by atoms with E-state index in [2.05, 4.69) is 60.7 Å². The van der Waals surface area contributed by atoms with Crippen LogP contribution in [0.1, 0.15) is 29.5 Å². The zero-order valence-electron chi connectivity index (χ0n) is 14.6. The Morgan fingerprint density at radius 3 is 1.80 bits per heavy atom. The molecule has 0 aromatic heterocycles. The molecule has 0 aliphatic heterocycles. The van der Waals surface area contributed by atoms with Gasteiger partial charge < -0.3 is 9.47 Å². The third kappa shape index (κ3) is 4.94. The summed E-state index contributed by atoms with van der Waals surface area (Å²) in [6.07, 6.45) is 0. The summed E-state index contributed by atoms with van der Waals surface area (Å²) in [5.41, 5.74) is 3.69. The number of benzene rings is 3. The fraction of sp³-hybridized carbons (Fsp3) is 0.217. The van der Waals surface area contributed by atoms with Crippen molar-refractivity contribution in [1.29, 1.82) is 0 Å². The van der Waals surface area contributed by atoms with Crippen molar-refractivity contribution in [3.63, 3.8) is 0 Å². The van der Waals surface area contributed by atoms with Gasteiger partial charge in [-0.2, -0.15) is 0 Å². The van der Waals surface area contributed by atoms with Crippen molar-refractivity contribution in [3.8, 4) is 5.75 Å². The van der Waals surface area contributed by atoms with Crippen LogP contribution in [0.5, 0.6) is 5.75 Å². The second kappa shape index (κ2) is 9.05. The molecule has 2 nitrogen and oxygen atoms in total. The third-order valence-corrected chi connectivity index (χ3v) is 4.22. The van der Waals surface area contributed by atoms with Crippen LogP contribution in [0.2, 0.25) is 0 Å². The Kier molecular flexibility index (Phi) is 6.24. The smallest absolute Gasteiger partial charge is 0.119 e. The Morgan fingerprint density at radius 2 is 1.28 bits per heavy atom. The Hall–Kier alpha value is -2.58. The van der Waals surface area contributed by atoms with Crippen molar-refractivity contribution in [2.75, 3.05) is 13.2 Å². The molecule has 0 bridgehead atoms. The molecule has 3 aromatic carbocycles. The lowest BCUT2D eigenvalue weighted by Crippen LogP contribution is -2.12. The van der Waals surface area contributed by atoms with E-state index >= 15 is 0 Å². The molecule has 0 saturated heterocycles. The predicted molar refractivity (Wildman–Crippen MR) is 102 cm³/mol. The van der Waals surface area contributed by atoms with Crippen molar-refractivity contribution in [2.24, 2.45) is 0 Å². The normalized spacial score (nSPS) is 10.8. The molecule has 0 saturated carbocycles. The lowest BCUT2D eigenvalue weighted by Gasteiger charge is -2.19. The topological polar surface area (TPSA) is 18.5 Å². The van der Waals surface area contributed by atoms with Gasteiger partial charge in [0.15, 0.2) is 0 Å². The molecule has 0 heterocycles. The minimum Gasteiger partial charge on any atom is -0.493 e. The Morgan fingerprint density at radius 1 is 0.720 bits per heavy atom. The number of rotatable bonds is 8. The van der Waals surface area contributed by atoms with Gasteiger partial charge in [0.25, 0.3) is 0 Å². The monoisotopic (exact) mass is 332 g/mol. The first-order valence-electron chi connectivity index (χ1n) is 8.76. The fourth-order valence-electron chi connectivity index (χ4n) is 2.84. The van der Waals surface area contributed by atoms with Crippen LogP contribution in [0, 0.1) is 0 Å². The summed E-state index contributed by atoms with van der Waals surface area (Å²) < 4.78 is 11.5. The maximum Gasteiger partial charge on any atom is 0.119 e. The number of ether oxygens (including phenoxy) is 2. The average molecular weight is 332 g/mol. The first-order valence-corrected chi connectivity index (χ1v) is 8.76. The van der Waals surface area contributed by atoms with E-state index in [9.17, 15) is 0 Å². The molecule has 0 aliphatic rings. The van der Waals surface area contributed by atoms with Gasteiger partial charge in [0, 0.05) is 12.5 Å². The van der Waals surface area contributed by atoms with Crippen LogP contribution in [-0.2, 0) is 11.3 Å². The summed E-state index contributed by atoms with van der Waals surface area (Å²) in [4.78, 5) is 0. The molecule has 0 atom stereocenters. The van der Waals surface area contributed by atoms with E-state index in [1.807, 2.05) is 31.2 Å². The van der Waals surface area contributed by atoms with Gasteiger partial charge in [0.05, 0.1) is 13.2 Å². The summed E-state index contributed by atoms with van der Waals surface area (Å²) in [6, 6.07) is 29.2. The molecule has 0 spiro atoms. The molecular weight excluding hydrogens is 308 g/mol. The molecule has 3 aromatic rings. The molecule has 0 unspecified atom stereocenters. The standard InChI is InChI=1S/C23H24O2/c1-2-24-17-19-13-15-22(16-14-19)25-18-23(20-9-5-3-6-10-20)21-11-7-4-8-12-21/h3-16,23H,2,17-18H2,1H3. The zero-order valence-corrected chi connectivity index (χ0v) is 14.6. The van der Waals surface area contributed by atoms with Crippen molar-refractivity contribution in [2.45, 2.75) is 19.4 Å². The Balaban J connectivity index is 1.71. The van der Waals surface area contributed by atoms with Gasteiger partial charge in [-0.1, -0.05) is 72.8 Å². The number of hydrogen-bond acceptors (Lipinski definition) is 2. The van der Waals surface area contributed by atoms with E-state index in [0.29, 0.717) is 13.2 Å². The van der Waals surface area contributed by atoms with E-state index < -0.39 is 0 Å². The molecular formula is C23H24O2. The van der Waals surface area contributed by atoms with Crippen LogP contribution in [-0.4, -0.2) is 13.2 Å². The van der Waals surface area contributed by atoms with Crippen molar-refractivity contribution < 1.29 is 9.47 Å². The molecule has 0 N–H and O–H groups in total. The highest BCUT2D eigenvalue weighted by Gasteiger charge is 2.14. The van der Waals surface area contributed by atoms with Gasteiger partial charge in [-0.25, -0.2) is 0 Å². The molecule has 0 radical (unpaired) electrons. The molecule has 25 heavy (non-hydrogen) atoms. The van der Waals surface area contributed by atoms with Crippen LogP contribution < -0.4 is 4.74 Å². The van der Waals surface area contributed by atoms with Crippen LogP contribution >= 0.6 is 0 Å². The van der Waals surface area contributed by atoms with E-state index in [-0.39, 0.29) is 5.92 Å². The number of hydrogen-bond donors (Lipinski definition) is 0. The summed E-state index contributed by atoms with van der Waals surface area (Å²) >= 11 is 0. The summed E-state index contributed by atoms with van der Waals surface area (Å²) in [6.45, 7) is 3.99. The van der Waals surface area contributed by atoms with Gasteiger partial charge in [0.2, 0.25) is 0 Å². The largest absolute Gasteiger partial charge is 0.493 e. The lowest BCUT2D eigenvalue weighted by molar-refractivity contribution is 0.134. The second-order valence-corrected chi connectivity index (χ2v) is 5.97. The van der Waals surface area contributed by atoms with Crippen LogP contribution in [0.15, 0.2) is 84.9 Å². The maximum atomic E-state index is 6.10. The predicted octanol–water partition coefficient (Wildman–Crippen LogP) is 5.43. The quantitative estimate of drug-likeness (QED) is 0.547. The minimum atomic E-state index is 0.213. The van der Waals surface area contributed by atoms with Crippen molar-refractivity contribution in [1.82, 2.24) is 0 Å². The highest BCUT2D eigenvalue weighted by Crippen LogP contribution is 2.26. The van der Waals surface area contributed by atoms with Crippen LogP contribution in [0.4, 0.5) is 0 Å². The minimum absolute atomic E-state index is 0.213. The SMILES string of the molecule is CCOCc1ccc(OCC(c2ccccc2)c2ccccc2)cc1. The van der Waals surface area contributed by atoms with Crippen molar-refractivity contribution >= 4 is 0 Å². The summed E-state index contributed by atoms with van der Waals surface area (Å²) in [5, 5.41) is 0. The van der Waals surface area contributed by atoms with Crippen LogP contribution in [0.25, 0.3) is 0 Å². The maximum absolute atomic E-state index is 6.10. The van der Waals surface area contributed by atoms with Gasteiger partial charge >= 0.3 is 0 Å². The highest BCUT2D eigenvalue weighted by atomic mass is 16.5. The molecule has 0 fully saturated rings. The van der Waals surface area contributed by atoms with E-state index in [1.54, 1.807) is 0 Å². The first kappa shape index (κ1) is 17.2. The average Bonchev–Trinajstić information content (AvgIpc) is 2.69. The third-order valence-electron chi connectivity index (χ3n) is 4.22. The van der Waals surface area contributed by atoms with E-state index in [4.69, 9.17) is 9.47 Å². The van der Waals surface area contributed by atoms with Gasteiger partial charge in [0.1, 0.15) is 5.75 Å². The van der Waals surface area contributed by atoms with E-state index in [1.165, 1.54) is 11.1 Å². The van der Waals surface area contributed by atoms with Gasteiger partial charge in [-0.15, -0.1) is 0 Å². The van der Waals surface area contributed by atoms with Crippen LogP contribution in [0.3, 0.4) is 0 Å². The molecule has 0 aliphatic carbocycles. The van der Waals surface area contributed by atoms with Crippen molar-refractivity contribution in [3.05, 3.63) is 102 Å². The first-order chi connectivity index (χ1) is 12.4.